The average molecular weight is 274 g/mol. The molecule has 1 aromatic rings. The van der Waals surface area contributed by atoms with Crippen molar-refractivity contribution in [3.05, 3.63) is 33.8 Å². The van der Waals surface area contributed by atoms with Crippen LogP contribution in [0.25, 0.3) is 0 Å². The maximum Gasteiger partial charge on any atom is 0.0940 e. The van der Waals surface area contributed by atoms with Crippen LogP contribution in [0.4, 0.5) is 0 Å². The number of ether oxygens (including phenoxy) is 1. The van der Waals surface area contributed by atoms with Crippen LogP contribution in [0.15, 0.2) is 18.2 Å². The lowest BCUT2D eigenvalue weighted by Gasteiger charge is -2.32. The molecule has 2 rings (SSSR count). The molecule has 1 aliphatic rings. The molecule has 0 amide bonds. The van der Waals surface area contributed by atoms with E-state index in [0.717, 1.165) is 37.9 Å². The van der Waals surface area contributed by atoms with Crippen molar-refractivity contribution in [1.29, 1.82) is 0 Å². The third kappa shape index (κ3) is 2.76. The normalized spacial score (nSPS) is 25.6. The highest BCUT2D eigenvalue weighted by molar-refractivity contribution is 6.42. The lowest BCUT2D eigenvalue weighted by molar-refractivity contribution is -0.0251. The molecule has 1 fully saturated rings. The fraction of sp³-hybridized carbons (Fsp3) is 0.538. The molecule has 1 atom stereocenters. The fourth-order valence-electron chi connectivity index (χ4n) is 2.43. The highest BCUT2D eigenvalue weighted by Gasteiger charge is 2.32. The summed E-state index contributed by atoms with van der Waals surface area (Å²) in [5.41, 5.74) is 0.899. The summed E-state index contributed by atoms with van der Waals surface area (Å²) in [4.78, 5) is 0. The highest BCUT2D eigenvalue weighted by atomic mass is 35.5. The first-order chi connectivity index (χ1) is 8.18. The van der Waals surface area contributed by atoms with Crippen LogP contribution < -0.4 is 5.32 Å². The quantitative estimate of drug-likeness (QED) is 0.889. The summed E-state index contributed by atoms with van der Waals surface area (Å²) in [7, 11) is 1.77. The van der Waals surface area contributed by atoms with Gasteiger partial charge in [-0.3, -0.25) is 0 Å². The van der Waals surface area contributed by atoms with Gasteiger partial charge in [-0.15, -0.1) is 0 Å². The van der Waals surface area contributed by atoms with Crippen LogP contribution in [0.2, 0.25) is 10.0 Å². The van der Waals surface area contributed by atoms with Crippen molar-refractivity contribution in [1.82, 2.24) is 5.32 Å². The van der Waals surface area contributed by atoms with Crippen molar-refractivity contribution in [3.8, 4) is 0 Å². The van der Waals surface area contributed by atoms with E-state index in [4.69, 9.17) is 27.9 Å². The zero-order valence-electron chi connectivity index (χ0n) is 9.93. The lowest BCUT2D eigenvalue weighted by Crippen LogP contribution is -2.29. The van der Waals surface area contributed by atoms with Crippen molar-refractivity contribution in [2.24, 2.45) is 0 Å². The second-order valence-electron chi connectivity index (χ2n) is 4.43. The summed E-state index contributed by atoms with van der Waals surface area (Å²) in [5, 5.41) is 4.58. The van der Waals surface area contributed by atoms with Crippen LogP contribution >= 0.6 is 23.2 Å². The Bertz CT molecular complexity index is 387. The third-order valence-corrected chi connectivity index (χ3v) is 4.22. The van der Waals surface area contributed by atoms with Crippen molar-refractivity contribution >= 4 is 23.2 Å². The maximum absolute atomic E-state index is 6.09. The van der Waals surface area contributed by atoms with Gasteiger partial charge in [0.15, 0.2) is 0 Å². The predicted molar refractivity (Wildman–Crippen MR) is 71.9 cm³/mol. The van der Waals surface area contributed by atoms with E-state index in [1.807, 2.05) is 18.2 Å². The van der Waals surface area contributed by atoms with Crippen LogP contribution in [-0.4, -0.2) is 20.2 Å². The zero-order valence-corrected chi connectivity index (χ0v) is 11.4. The Balaban J connectivity index is 2.35. The molecule has 1 aliphatic heterocycles. The molecule has 1 N–H and O–H groups in total. The fourth-order valence-corrected chi connectivity index (χ4v) is 2.73. The Morgan fingerprint density at radius 1 is 1.18 bits per heavy atom. The maximum atomic E-state index is 6.09. The number of hydrogen-bond donors (Lipinski definition) is 1. The van der Waals surface area contributed by atoms with Gasteiger partial charge in [0, 0.05) is 7.11 Å². The Labute approximate surface area is 112 Å². The van der Waals surface area contributed by atoms with Gasteiger partial charge >= 0.3 is 0 Å². The zero-order chi connectivity index (χ0) is 12.3. The van der Waals surface area contributed by atoms with Crippen LogP contribution in [-0.2, 0) is 10.3 Å². The predicted octanol–water partition coefficient (Wildman–Crippen LogP) is 3.61. The second kappa shape index (κ2) is 5.57. The monoisotopic (exact) mass is 273 g/mol. The molecule has 2 nitrogen and oxygen atoms in total. The van der Waals surface area contributed by atoms with Gasteiger partial charge < -0.3 is 10.1 Å². The molecular weight excluding hydrogens is 257 g/mol. The molecular formula is C13H17Cl2NO. The van der Waals surface area contributed by atoms with Gasteiger partial charge in [-0.25, -0.2) is 0 Å². The molecule has 1 aromatic carbocycles. The summed E-state index contributed by atoms with van der Waals surface area (Å²) in [5.74, 6) is 0. The van der Waals surface area contributed by atoms with E-state index < -0.39 is 0 Å². The van der Waals surface area contributed by atoms with Crippen molar-refractivity contribution in [2.45, 2.75) is 24.9 Å². The Hall–Kier alpha value is -0.280. The topological polar surface area (TPSA) is 21.3 Å². The summed E-state index contributed by atoms with van der Waals surface area (Å²) < 4.78 is 5.80. The molecule has 1 unspecified atom stereocenters. The number of halogens is 2. The Morgan fingerprint density at radius 2 is 2.00 bits per heavy atom. The van der Waals surface area contributed by atoms with Gasteiger partial charge in [0.1, 0.15) is 0 Å². The smallest absolute Gasteiger partial charge is 0.0940 e. The number of nitrogens with one attached hydrogen (secondary N) is 1. The second-order valence-corrected chi connectivity index (χ2v) is 5.25. The Morgan fingerprint density at radius 3 is 2.71 bits per heavy atom. The summed E-state index contributed by atoms with van der Waals surface area (Å²) in [6.07, 6.45) is 3.07. The molecule has 0 saturated carbocycles. The number of hydrogen-bond acceptors (Lipinski definition) is 2. The minimum atomic E-state index is -0.224. The highest BCUT2D eigenvalue weighted by Crippen LogP contribution is 2.37. The van der Waals surface area contributed by atoms with Gasteiger partial charge in [-0.1, -0.05) is 29.3 Å². The standard InChI is InChI=1S/C13H17Cl2NO/c1-17-13(5-2-7-16-8-6-13)10-3-4-11(14)12(15)9-10/h3-4,9,16H,2,5-8H2,1H3. The van der Waals surface area contributed by atoms with E-state index in [9.17, 15) is 0 Å². The first kappa shape index (κ1) is 13.2. The van der Waals surface area contributed by atoms with Gasteiger partial charge in [0.2, 0.25) is 0 Å². The molecule has 0 spiro atoms. The summed E-state index contributed by atoms with van der Waals surface area (Å²) in [6, 6.07) is 5.79. The molecule has 4 heteroatoms. The molecule has 0 radical (unpaired) electrons. The van der Waals surface area contributed by atoms with E-state index in [-0.39, 0.29) is 5.60 Å². The van der Waals surface area contributed by atoms with E-state index in [1.165, 1.54) is 0 Å². The molecule has 17 heavy (non-hydrogen) atoms. The molecule has 0 aromatic heterocycles. The van der Waals surface area contributed by atoms with Gasteiger partial charge in [0.25, 0.3) is 0 Å². The van der Waals surface area contributed by atoms with Gasteiger partial charge in [-0.05, 0) is 50.0 Å². The number of methoxy groups -OCH3 is 1. The summed E-state index contributed by atoms with van der Waals surface area (Å²) in [6.45, 7) is 2.01. The van der Waals surface area contributed by atoms with E-state index in [2.05, 4.69) is 5.32 Å². The van der Waals surface area contributed by atoms with Crippen LogP contribution in [0.1, 0.15) is 24.8 Å². The van der Waals surface area contributed by atoms with Crippen molar-refractivity contribution in [3.63, 3.8) is 0 Å². The van der Waals surface area contributed by atoms with E-state index in [1.54, 1.807) is 7.11 Å². The molecule has 94 valence electrons. The average Bonchev–Trinajstić information content (AvgIpc) is 2.59. The van der Waals surface area contributed by atoms with Crippen molar-refractivity contribution < 1.29 is 4.74 Å². The SMILES string of the molecule is COC1(c2ccc(Cl)c(Cl)c2)CCCNCC1. The van der Waals surface area contributed by atoms with Gasteiger partial charge in [0.05, 0.1) is 15.6 Å². The summed E-state index contributed by atoms with van der Waals surface area (Å²) >= 11 is 12.0. The van der Waals surface area contributed by atoms with Crippen LogP contribution in [0.5, 0.6) is 0 Å². The third-order valence-electron chi connectivity index (χ3n) is 3.48. The van der Waals surface area contributed by atoms with E-state index >= 15 is 0 Å². The largest absolute Gasteiger partial charge is 0.373 e. The van der Waals surface area contributed by atoms with Crippen LogP contribution in [0, 0.1) is 0 Å². The van der Waals surface area contributed by atoms with Crippen LogP contribution in [0.3, 0.4) is 0 Å². The molecule has 0 aliphatic carbocycles. The Kier molecular flexibility index (Phi) is 4.31. The molecule has 0 bridgehead atoms. The van der Waals surface area contributed by atoms with Crippen molar-refractivity contribution in [2.75, 3.05) is 20.2 Å². The number of benzene rings is 1. The minimum Gasteiger partial charge on any atom is -0.373 e. The molecule has 1 heterocycles. The number of rotatable bonds is 2. The lowest BCUT2D eigenvalue weighted by atomic mass is 9.86. The van der Waals surface area contributed by atoms with E-state index in [0.29, 0.717) is 10.0 Å². The first-order valence-corrected chi connectivity index (χ1v) is 6.65. The van der Waals surface area contributed by atoms with Gasteiger partial charge in [-0.2, -0.15) is 0 Å². The minimum absolute atomic E-state index is 0.224. The molecule has 1 saturated heterocycles. The first-order valence-electron chi connectivity index (χ1n) is 5.89.